The van der Waals surface area contributed by atoms with E-state index in [2.05, 4.69) is 44.5 Å². The van der Waals surface area contributed by atoms with Gasteiger partial charge in [0.05, 0.1) is 18.5 Å². The van der Waals surface area contributed by atoms with Gasteiger partial charge in [-0.15, -0.1) is 10.2 Å². The first-order chi connectivity index (χ1) is 21.6. The van der Waals surface area contributed by atoms with Crippen molar-refractivity contribution in [2.45, 2.75) is 26.2 Å². The Kier molecular flexibility index (Phi) is 11.0. The molecule has 4 N–H and O–H groups in total. The third-order valence-electron chi connectivity index (χ3n) is 7.24. The maximum Gasteiger partial charge on any atom is 0.273 e. The number of allylic oxidation sites excluding steroid dienone is 3. The average Bonchev–Trinajstić information content (AvgIpc) is 3.89. The van der Waals surface area contributed by atoms with Crippen LogP contribution >= 0.6 is 0 Å². The summed E-state index contributed by atoms with van der Waals surface area (Å²) in [5, 5.41) is 20.0. The summed E-state index contributed by atoms with van der Waals surface area (Å²) in [6.45, 7) is 2.96. The van der Waals surface area contributed by atoms with Gasteiger partial charge < -0.3 is 35.8 Å². The molecule has 3 amide bonds. The lowest BCUT2D eigenvalue weighted by Crippen LogP contribution is -2.36. The van der Waals surface area contributed by atoms with Crippen LogP contribution in [0, 0.1) is 5.92 Å². The maximum absolute atomic E-state index is 13.2. The molecule has 1 aromatic heterocycles. The van der Waals surface area contributed by atoms with Crippen molar-refractivity contribution >= 4 is 40.5 Å². The Morgan fingerprint density at radius 3 is 2.51 bits per heavy atom. The minimum Gasteiger partial charge on any atom is -0.494 e. The molecule has 2 aliphatic rings. The number of likely N-dealkylation sites (N-methyl/N-ethyl adjacent to an activating group) is 1. The number of ether oxygens (including phenoxy) is 1. The van der Waals surface area contributed by atoms with E-state index >= 15 is 0 Å². The molecule has 0 bridgehead atoms. The number of hydrogen-bond donors (Lipinski definition) is 4. The topological polar surface area (TPSA) is 141 Å². The SMILES string of the molecule is CC/C=C(/C=C\N(C)C)CN(C)C(=O)C1=CC=C(c2cccc(Nc3cc(NC(=O)C4CC4)nnc3C(=O)NC)c2OC)CN1. The van der Waals surface area contributed by atoms with Crippen molar-refractivity contribution in [1.29, 1.82) is 0 Å². The molecule has 1 aliphatic carbocycles. The molecule has 12 heteroatoms. The number of rotatable bonds is 13. The molecule has 1 fully saturated rings. The Hall–Kier alpha value is -5.13. The molecular weight excluding hydrogens is 572 g/mol. The highest BCUT2D eigenvalue weighted by atomic mass is 16.5. The van der Waals surface area contributed by atoms with Crippen molar-refractivity contribution in [2.24, 2.45) is 5.92 Å². The smallest absolute Gasteiger partial charge is 0.273 e. The van der Waals surface area contributed by atoms with E-state index in [9.17, 15) is 14.4 Å². The standard InChI is InChI=1S/C33H42N8O4/c1-7-9-21(16-17-40(3)4)20-41(5)33(44)26-15-14-23(19-35-26)24-10-8-11-25(30(24)45-6)36-27-18-28(37-31(42)22-12-13-22)38-39-29(27)32(43)34-2/h8-11,14-18,22,35H,7,12-13,19-20H2,1-6H3,(H,34,43)(H2,36,37,38,42)/b17-16-,21-9-. The van der Waals surface area contributed by atoms with Crippen molar-refractivity contribution in [3.05, 3.63) is 77.3 Å². The highest BCUT2D eigenvalue weighted by Crippen LogP contribution is 2.37. The molecular formula is C33H42N8O4. The van der Waals surface area contributed by atoms with Crippen LogP contribution in [0.25, 0.3) is 5.57 Å². The molecule has 0 atom stereocenters. The number of carbonyl (C=O) groups excluding carboxylic acids is 3. The fraction of sp³-hybridized carbons (Fsp3) is 0.364. The summed E-state index contributed by atoms with van der Waals surface area (Å²) in [5.74, 6) is 0.116. The third-order valence-corrected chi connectivity index (χ3v) is 7.24. The molecule has 238 valence electrons. The summed E-state index contributed by atoms with van der Waals surface area (Å²) in [5.41, 5.74) is 4.28. The lowest BCUT2D eigenvalue weighted by Gasteiger charge is -2.24. The maximum atomic E-state index is 13.2. The van der Waals surface area contributed by atoms with E-state index in [1.807, 2.05) is 55.5 Å². The Morgan fingerprint density at radius 1 is 1.11 bits per heavy atom. The molecule has 2 heterocycles. The van der Waals surface area contributed by atoms with Gasteiger partial charge in [0.1, 0.15) is 11.4 Å². The van der Waals surface area contributed by atoms with Crippen LogP contribution < -0.4 is 26.0 Å². The minimum absolute atomic E-state index is 0.0122. The molecule has 0 spiro atoms. The number of benzene rings is 1. The zero-order valence-corrected chi connectivity index (χ0v) is 26.7. The molecule has 2 aromatic rings. The summed E-state index contributed by atoms with van der Waals surface area (Å²) < 4.78 is 5.83. The summed E-state index contributed by atoms with van der Waals surface area (Å²) in [4.78, 5) is 41.8. The molecule has 12 nitrogen and oxygen atoms in total. The lowest BCUT2D eigenvalue weighted by molar-refractivity contribution is -0.125. The van der Waals surface area contributed by atoms with Crippen LogP contribution in [0.1, 0.15) is 42.2 Å². The summed E-state index contributed by atoms with van der Waals surface area (Å²) in [7, 11) is 8.79. The number of nitrogens with zero attached hydrogens (tertiary/aromatic N) is 4. The Bertz CT molecular complexity index is 1560. The fourth-order valence-corrected chi connectivity index (χ4v) is 4.73. The van der Waals surface area contributed by atoms with E-state index in [1.165, 1.54) is 7.05 Å². The highest BCUT2D eigenvalue weighted by molar-refractivity contribution is 6.00. The molecule has 0 saturated heterocycles. The molecule has 1 aromatic carbocycles. The van der Waals surface area contributed by atoms with Crippen molar-refractivity contribution < 1.29 is 19.1 Å². The number of carbonyl (C=O) groups is 3. The summed E-state index contributed by atoms with van der Waals surface area (Å²) in [6.07, 6.45) is 12.4. The van der Waals surface area contributed by atoms with Gasteiger partial charge in [0.25, 0.3) is 11.8 Å². The number of para-hydroxylation sites is 1. The summed E-state index contributed by atoms with van der Waals surface area (Å²) >= 11 is 0. The van der Waals surface area contributed by atoms with Crippen LogP contribution in [-0.2, 0) is 9.59 Å². The number of dihydropyridines is 1. The van der Waals surface area contributed by atoms with Gasteiger partial charge in [0.2, 0.25) is 5.91 Å². The van der Waals surface area contributed by atoms with Crippen LogP contribution in [0.3, 0.4) is 0 Å². The van der Waals surface area contributed by atoms with Crippen molar-refractivity contribution in [2.75, 3.05) is 59.0 Å². The monoisotopic (exact) mass is 614 g/mol. The van der Waals surface area contributed by atoms with Crippen LogP contribution in [-0.4, -0.2) is 86.1 Å². The third kappa shape index (κ3) is 8.49. The van der Waals surface area contributed by atoms with Gasteiger partial charge in [-0.1, -0.05) is 31.2 Å². The number of aromatic nitrogens is 2. The van der Waals surface area contributed by atoms with E-state index in [0.717, 1.165) is 36.0 Å². The number of nitrogens with one attached hydrogen (secondary N) is 4. The normalized spacial score (nSPS) is 14.6. The van der Waals surface area contributed by atoms with E-state index in [-0.39, 0.29) is 29.2 Å². The van der Waals surface area contributed by atoms with Gasteiger partial charge in [-0.05, 0) is 54.8 Å². The van der Waals surface area contributed by atoms with Crippen molar-refractivity contribution in [3.63, 3.8) is 0 Å². The van der Waals surface area contributed by atoms with Gasteiger partial charge in [-0.25, -0.2) is 0 Å². The van der Waals surface area contributed by atoms with Crippen molar-refractivity contribution in [3.8, 4) is 5.75 Å². The van der Waals surface area contributed by atoms with E-state index in [4.69, 9.17) is 4.74 Å². The van der Waals surface area contributed by atoms with E-state index in [1.54, 1.807) is 31.2 Å². The number of hydrogen-bond acceptors (Lipinski definition) is 9. The molecule has 0 unspecified atom stereocenters. The fourth-order valence-electron chi connectivity index (χ4n) is 4.73. The van der Waals surface area contributed by atoms with Crippen LogP contribution in [0.15, 0.2) is 66.0 Å². The predicted octanol–water partition coefficient (Wildman–Crippen LogP) is 3.68. The second-order valence-electron chi connectivity index (χ2n) is 11.1. The molecule has 0 radical (unpaired) electrons. The van der Waals surface area contributed by atoms with Crippen LogP contribution in [0.4, 0.5) is 17.2 Å². The second-order valence-corrected chi connectivity index (χ2v) is 11.1. The van der Waals surface area contributed by atoms with Crippen molar-refractivity contribution in [1.82, 2.24) is 30.6 Å². The van der Waals surface area contributed by atoms with Gasteiger partial charge in [-0.2, -0.15) is 0 Å². The minimum atomic E-state index is -0.433. The van der Waals surface area contributed by atoms with Crippen LogP contribution in [0.5, 0.6) is 5.75 Å². The van der Waals surface area contributed by atoms with E-state index in [0.29, 0.717) is 35.9 Å². The predicted molar refractivity (Wildman–Crippen MR) is 176 cm³/mol. The zero-order valence-electron chi connectivity index (χ0n) is 26.7. The Balaban J connectivity index is 1.56. The first-order valence-corrected chi connectivity index (χ1v) is 14.9. The Morgan fingerprint density at radius 2 is 1.89 bits per heavy atom. The molecule has 4 rings (SSSR count). The quantitative estimate of drug-likeness (QED) is 0.249. The highest BCUT2D eigenvalue weighted by Gasteiger charge is 2.30. The van der Waals surface area contributed by atoms with Gasteiger partial charge in [-0.3, -0.25) is 14.4 Å². The first kappa shape index (κ1) is 32.8. The van der Waals surface area contributed by atoms with Crippen LogP contribution in [0.2, 0.25) is 0 Å². The van der Waals surface area contributed by atoms with Gasteiger partial charge in [0, 0.05) is 58.8 Å². The largest absolute Gasteiger partial charge is 0.494 e. The average molecular weight is 615 g/mol. The zero-order chi connectivity index (χ0) is 32.5. The Labute approximate surface area is 264 Å². The van der Waals surface area contributed by atoms with Gasteiger partial charge >= 0.3 is 0 Å². The molecule has 1 saturated carbocycles. The number of amides is 3. The second kappa shape index (κ2) is 15.0. The van der Waals surface area contributed by atoms with E-state index < -0.39 is 5.91 Å². The molecule has 1 aliphatic heterocycles. The number of anilines is 3. The lowest BCUT2D eigenvalue weighted by atomic mass is 10.0. The summed E-state index contributed by atoms with van der Waals surface area (Å²) in [6, 6.07) is 7.20. The molecule has 45 heavy (non-hydrogen) atoms. The van der Waals surface area contributed by atoms with Gasteiger partial charge in [0.15, 0.2) is 11.5 Å². The first-order valence-electron chi connectivity index (χ1n) is 14.9. The number of methoxy groups -OCH3 is 1.